The fourth-order valence-electron chi connectivity index (χ4n) is 2.92. The second-order valence-corrected chi connectivity index (χ2v) is 5.38. The van der Waals surface area contributed by atoms with E-state index in [4.69, 9.17) is 5.73 Å². The Labute approximate surface area is 122 Å². The molecule has 1 unspecified atom stereocenters. The summed E-state index contributed by atoms with van der Waals surface area (Å²) in [5.74, 6) is -0.281. The van der Waals surface area contributed by atoms with Crippen LogP contribution in [0, 0.1) is 0 Å². The van der Waals surface area contributed by atoms with E-state index in [1.807, 2.05) is 6.07 Å². The maximum absolute atomic E-state index is 12.2. The van der Waals surface area contributed by atoms with E-state index in [1.165, 1.54) is 9.08 Å². The average Bonchev–Trinajstić information content (AvgIpc) is 2.82. The normalized spacial score (nSPS) is 19.9. The molecule has 1 aliphatic rings. The van der Waals surface area contributed by atoms with Crippen LogP contribution in [0.2, 0.25) is 0 Å². The number of piperidine rings is 1. The molecule has 2 aromatic rings. The van der Waals surface area contributed by atoms with E-state index in [2.05, 4.69) is 10.00 Å². The zero-order valence-corrected chi connectivity index (χ0v) is 11.8. The van der Waals surface area contributed by atoms with Gasteiger partial charge in [-0.15, -0.1) is 5.10 Å². The SMILES string of the molecule is NC(=O)C1CCCCN1CCn1nc2ccccn2c1=O. The molecular formula is C14H19N5O2. The van der Waals surface area contributed by atoms with Crippen LogP contribution < -0.4 is 11.4 Å². The quantitative estimate of drug-likeness (QED) is 0.847. The number of likely N-dealkylation sites (tertiary alicyclic amines) is 1. The van der Waals surface area contributed by atoms with E-state index in [0.29, 0.717) is 18.7 Å². The molecule has 3 heterocycles. The Morgan fingerprint density at radius 2 is 2.19 bits per heavy atom. The molecule has 1 atom stereocenters. The molecule has 1 fully saturated rings. The number of pyridine rings is 1. The first kappa shape index (κ1) is 13.8. The molecule has 7 heteroatoms. The molecule has 3 rings (SSSR count). The lowest BCUT2D eigenvalue weighted by Crippen LogP contribution is -2.49. The van der Waals surface area contributed by atoms with Crippen LogP contribution >= 0.6 is 0 Å². The van der Waals surface area contributed by atoms with Gasteiger partial charge < -0.3 is 5.73 Å². The van der Waals surface area contributed by atoms with Crippen LogP contribution in [-0.2, 0) is 11.3 Å². The summed E-state index contributed by atoms with van der Waals surface area (Å²) in [4.78, 5) is 25.7. The van der Waals surface area contributed by atoms with Crippen LogP contribution in [-0.4, -0.2) is 44.1 Å². The Bertz CT molecular complexity index is 705. The summed E-state index contributed by atoms with van der Waals surface area (Å²) < 4.78 is 2.96. The molecule has 112 valence electrons. The molecule has 0 aromatic carbocycles. The fraction of sp³-hybridized carbons (Fsp3) is 0.500. The molecule has 0 radical (unpaired) electrons. The third-order valence-electron chi connectivity index (χ3n) is 4.03. The summed E-state index contributed by atoms with van der Waals surface area (Å²) in [7, 11) is 0. The van der Waals surface area contributed by atoms with Gasteiger partial charge in [0.1, 0.15) is 0 Å². The molecule has 21 heavy (non-hydrogen) atoms. The highest BCUT2D eigenvalue weighted by molar-refractivity contribution is 5.79. The van der Waals surface area contributed by atoms with Crippen LogP contribution in [0.4, 0.5) is 0 Å². The van der Waals surface area contributed by atoms with Gasteiger partial charge in [0.05, 0.1) is 12.6 Å². The smallest absolute Gasteiger partial charge is 0.350 e. The van der Waals surface area contributed by atoms with E-state index in [9.17, 15) is 9.59 Å². The van der Waals surface area contributed by atoms with Gasteiger partial charge in [-0.3, -0.25) is 14.1 Å². The number of aromatic nitrogens is 3. The van der Waals surface area contributed by atoms with Crippen molar-refractivity contribution in [3.63, 3.8) is 0 Å². The number of nitrogens with two attached hydrogens (primary N) is 1. The van der Waals surface area contributed by atoms with E-state index in [-0.39, 0.29) is 17.6 Å². The van der Waals surface area contributed by atoms with E-state index >= 15 is 0 Å². The Morgan fingerprint density at radius 3 is 2.95 bits per heavy atom. The Morgan fingerprint density at radius 1 is 1.33 bits per heavy atom. The number of carbonyl (C=O) groups is 1. The predicted octanol–water partition coefficient (Wildman–Crippen LogP) is -0.164. The van der Waals surface area contributed by atoms with Crippen LogP contribution in [0.15, 0.2) is 29.2 Å². The minimum Gasteiger partial charge on any atom is -0.368 e. The number of rotatable bonds is 4. The van der Waals surface area contributed by atoms with Gasteiger partial charge in [0, 0.05) is 12.7 Å². The van der Waals surface area contributed by atoms with Crippen LogP contribution in [0.1, 0.15) is 19.3 Å². The Kier molecular flexibility index (Phi) is 3.74. The molecule has 0 saturated carbocycles. The maximum Gasteiger partial charge on any atom is 0.350 e. The third kappa shape index (κ3) is 2.69. The molecule has 2 N–H and O–H groups in total. The van der Waals surface area contributed by atoms with Crippen LogP contribution in [0.5, 0.6) is 0 Å². The molecular weight excluding hydrogens is 270 g/mol. The van der Waals surface area contributed by atoms with Crippen molar-refractivity contribution in [1.82, 2.24) is 19.1 Å². The van der Waals surface area contributed by atoms with Gasteiger partial charge in [0.15, 0.2) is 5.65 Å². The summed E-state index contributed by atoms with van der Waals surface area (Å²) in [5, 5.41) is 4.29. The van der Waals surface area contributed by atoms with Crippen molar-refractivity contribution < 1.29 is 4.79 Å². The monoisotopic (exact) mass is 289 g/mol. The molecule has 1 amide bonds. The lowest BCUT2D eigenvalue weighted by atomic mass is 10.0. The highest BCUT2D eigenvalue weighted by atomic mass is 16.2. The highest BCUT2D eigenvalue weighted by Gasteiger charge is 2.26. The summed E-state index contributed by atoms with van der Waals surface area (Å²) in [6.45, 7) is 1.91. The maximum atomic E-state index is 12.2. The molecule has 1 aliphatic heterocycles. The predicted molar refractivity (Wildman–Crippen MR) is 77.9 cm³/mol. The van der Waals surface area contributed by atoms with Gasteiger partial charge >= 0.3 is 5.69 Å². The van der Waals surface area contributed by atoms with Crippen molar-refractivity contribution in [2.75, 3.05) is 13.1 Å². The molecule has 0 aliphatic carbocycles. The van der Waals surface area contributed by atoms with Crippen molar-refractivity contribution in [3.05, 3.63) is 34.9 Å². The van der Waals surface area contributed by atoms with Crippen molar-refractivity contribution >= 4 is 11.6 Å². The van der Waals surface area contributed by atoms with Gasteiger partial charge in [-0.1, -0.05) is 12.5 Å². The van der Waals surface area contributed by atoms with E-state index in [0.717, 1.165) is 25.8 Å². The van der Waals surface area contributed by atoms with E-state index < -0.39 is 0 Å². The van der Waals surface area contributed by atoms with Crippen LogP contribution in [0.3, 0.4) is 0 Å². The summed E-state index contributed by atoms with van der Waals surface area (Å²) in [6, 6.07) is 5.23. The second-order valence-electron chi connectivity index (χ2n) is 5.38. The largest absolute Gasteiger partial charge is 0.368 e. The highest BCUT2D eigenvalue weighted by Crippen LogP contribution is 2.16. The lowest BCUT2D eigenvalue weighted by Gasteiger charge is -2.33. The second kappa shape index (κ2) is 5.69. The number of hydrogen-bond acceptors (Lipinski definition) is 4. The third-order valence-corrected chi connectivity index (χ3v) is 4.03. The lowest BCUT2D eigenvalue weighted by molar-refractivity contribution is -0.124. The minimum atomic E-state index is -0.281. The fourth-order valence-corrected chi connectivity index (χ4v) is 2.92. The number of fused-ring (bicyclic) bond motifs is 1. The topological polar surface area (TPSA) is 85.6 Å². The molecule has 1 saturated heterocycles. The summed E-state index contributed by atoms with van der Waals surface area (Å²) in [6.07, 6.45) is 4.59. The van der Waals surface area contributed by atoms with Crippen molar-refractivity contribution in [2.45, 2.75) is 31.8 Å². The first-order chi connectivity index (χ1) is 10.2. The summed E-state index contributed by atoms with van der Waals surface area (Å²) >= 11 is 0. The van der Waals surface area contributed by atoms with Crippen molar-refractivity contribution in [2.24, 2.45) is 5.73 Å². The van der Waals surface area contributed by atoms with Gasteiger partial charge in [0.25, 0.3) is 0 Å². The molecule has 0 bridgehead atoms. The standard InChI is InChI=1S/C14H19N5O2/c15-13(20)11-5-1-3-7-17(11)9-10-19-14(21)18-8-4-2-6-12(18)16-19/h2,4,6,8,11H,1,3,5,7,9-10H2,(H2,15,20). The molecule has 2 aromatic heterocycles. The number of hydrogen-bond donors (Lipinski definition) is 1. The van der Waals surface area contributed by atoms with Crippen molar-refractivity contribution in [3.8, 4) is 0 Å². The number of nitrogens with zero attached hydrogens (tertiary/aromatic N) is 4. The van der Waals surface area contributed by atoms with Gasteiger partial charge in [-0.05, 0) is 31.5 Å². The first-order valence-corrected chi connectivity index (χ1v) is 7.24. The first-order valence-electron chi connectivity index (χ1n) is 7.24. The minimum absolute atomic E-state index is 0.154. The zero-order chi connectivity index (χ0) is 14.8. The van der Waals surface area contributed by atoms with Gasteiger partial charge in [-0.25, -0.2) is 9.48 Å². The van der Waals surface area contributed by atoms with Crippen molar-refractivity contribution in [1.29, 1.82) is 0 Å². The average molecular weight is 289 g/mol. The Balaban J connectivity index is 1.75. The number of carbonyl (C=O) groups excluding carboxylic acids is 1. The zero-order valence-electron chi connectivity index (χ0n) is 11.8. The van der Waals surface area contributed by atoms with Gasteiger partial charge in [0.2, 0.25) is 5.91 Å². The van der Waals surface area contributed by atoms with E-state index in [1.54, 1.807) is 18.3 Å². The molecule has 7 nitrogen and oxygen atoms in total. The number of primary amides is 1. The van der Waals surface area contributed by atoms with Gasteiger partial charge in [-0.2, -0.15) is 0 Å². The number of amides is 1. The molecule has 0 spiro atoms. The summed E-state index contributed by atoms with van der Waals surface area (Å²) in [5.41, 5.74) is 5.93. The Hall–Kier alpha value is -2.15. The van der Waals surface area contributed by atoms with Crippen LogP contribution in [0.25, 0.3) is 5.65 Å².